The lowest BCUT2D eigenvalue weighted by atomic mass is 9.81. The van der Waals surface area contributed by atoms with Gasteiger partial charge in [-0.05, 0) is 32.1 Å². The second-order valence-corrected chi connectivity index (χ2v) is 5.16. The quantitative estimate of drug-likeness (QED) is 0.660. The molecule has 1 saturated carbocycles. The fourth-order valence-corrected chi connectivity index (χ4v) is 2.43. The van der Waals surface area contributed by atoms with E-state index in [1.807, 2.05) is 0 Å². The van der Waals surface area contributed by atoms with E-state index in [1.165, 1.54) is 0 Å². The van der Waals surface area contributed by atoms with Crippen LogP contribution in [0, 0.1) is 11.8 Å². The lowest BCUT2D eigenvalue weighted by Gasteiger charge is -2.25. The monoisotopic (exact) mass is 271 g/mol. The summed E-state index contributed by atoms with van der Waals surface area (Å²) in [5.41, 5.74) is 0. The molecule has 0 saturated heterocycles. The van der Waals surface area contributed by atoms with Crippen LogP contribution in [0.3, 0.4) is 0 Å². The summed E-state index contributed by atoms with van der Waals surface area (Å²) in [6, 6.07) is 0. The SMILES string of the molecule is CCCOCCCNC(=O)C1CCCC(C(=O)O)C1. The van der Waals surface area contributed by atoms with Gasteiger partial charge in [0.2, 0.25) is 5.91 Å². The summed E-state index contributed by atoms with van der Waals surface area (Å²) in [6.07, 6.45) is 4.62. The van der Waals surface area contributed by atoms with Gasteiger partial charge in [0.05, 0.1) is 5.92 Å². The van der Waals surface area contributed by atoms with Crippen LogP contribution in [-0.4, -0.2) is 36.7 Å². The first-order valence-electron chi connectivity index (χ1n) is 7.23. The van der Waals surface area contributed by atoms with Crippen LogP contribution >= 0.6 is 0 Å². The Hall–Kier alpha value is -1.10. The number of carboxylic acids is 1. The molecule has 1 aliphatic rings. The Kier molecular flexibility index (Phi) is 7.48. The molecule has 0 spiro atoms. The third kappa shape index (κ3) is 6.05. The number of hydrogen-bond donors (Lipinski definition) is 2. The summed E-state index contributed by atoms with van der Waals surface area (Å²) in [5, 5.41) is 11.9. The van der Waals surface area contributed by atoms with Crippen LogP contribution in [0.5, 0.6) is 0 Å². The molecule has 0 aliphatic heterocycles. The second kappa shape index (κ2) is 8.91. The van der Waals surface area contributed by atoms with Crippen LogP contribution < -0.4 is 5.32 Å². The van der Waals surface area contributed by atoms with E-state index in [0.717, 1.165) is 32.3 Å². The highest BCUT2D eigenvalue weighted by atomic mass is 16.5. The number of hydrogen-bond acceptors (Lipinski definition) is 3. The Morgan fingerprint density at radius 3 is 2.68 bits per heavy atom. The van der Waals surface area contributed by atoms with E-state index in [4.69, 9.17) is 9.84 Å². The normalized spacial score (nSPS) is 23.0. The van der Waals surface area contributed by atoms with Crippen molar-refractivity contribution in [3.05, 3.63) is 0 Å². The molecule has 1 fully saturated rings. The predicted octanol–water partition coefficient (Wildman–Crippen LogP) is 1.81. The minimum absolute atomic E-state index is 0.00133. The first-order valence-corrected chi connectivity index (χ1v) is 7.23. The van der Waals surface area contributed by atoms with Crippen LogP contribution in [0.15, 0.2) is 0 Å². The number of amides is 1. The lowest BCUT2D eigenvalue weighted by molar-refractivity contribution is -0.144. The third-order valence-corrected chi connectivity index (χ3v) is 3.51. The zero-order valence-electron chi connectivity index (χ0n) is 11.7. The molecule has 0 aromatic rings. The standard InChI is InChI=1S/C14H25NO4/c1-2-8-19-9-4-7-15-13(16)11-5-3-6-12(10-11)14(17)18/h11-12H,2-10H2,1H3,(H,15,16)(H,17,18). The van der Waals surface area contributed by atoms with Crippen molar-refractivity contribution in [1.82, 2.24) is 5.32 Å². The Labute approximate surface area is 114 Å². The number of carbonyl (C=O) groups is 2. The molecule has 1 aliphatic carbocycles. The maximum Gasteiger partial charge on any atom is 0.306 e. The van der Waals surface area contributed by atoms with E-state index in [0.29, 0.717) is 26.0 Å². The molecule has 0 heterocycles. The average Bonchev–Trinajstić information content (AvgIpc) is 2.42. The van der Waals surface area contributed by atoms with Crippen molar-refractivity contribution in [2.24, 2.45) is 11.8 Å². The number of carbonyl (C=O) groups excluding carboxylic acids is 1. The minimum atomic E-state index is -0.773. The van der Waals surface area contributed by atoms with Crippen molar-refractivity contribution in [2.45, 2.75) is 45.4 Å². The van der Waals surface area contributed by atoms with Crippen molar-refractivity contribution in [1.29, 1.82) is 0 Å². The second-order valence-electron chi connectivity index (χ2n) is 5.16. The third-order valence-electron chi connectivity index (χ3n) is 3.51. The lowest BCUT2D eigenvalue weighted by Crippen LogP contribution is -2.36. The Bertz CT molecular complexity index is 293. The molecule has 0 bridgehead atoms. The summed E-state index contributed by atoms with van der Waals surface area (Å²) in [7, 11) is 0. The first-order chi connectivity index (χ1) is 9.15. The van der Waals surface area contributed by atoms with Crippen LogP contribution in [0.4, 0.5) is 0 Å². The van der Waals surface area contributed by atoms with Gasteiger partial charge in [-0.2, -0.15) is 0 Å². The highest BCUT2D eigenvalue weighted by Gasteiger charge is 2.30. The molecule has 19 heavy (non-hydrogen) atoms. The smallest absolute Gasteiger partial charge is 0.306 e. The summed E-state index contributed by atoms with van der Waals surface area (Å²) < 4.78 is 5.33. The highest BCUT2D eigenvalue weighted by Crippen LogP contribution is 2.29. The van der Waals surface area contributed by atoms with E-state index in [2.05, 4.69) is 12.2 Å². The topological polar surface area (TPSA) is 75.6 Å². The van der Waals surface area contributed by atoms with Gasteiger partial charge in [-0.3, -0.25) is 9.59 Å². The van der Waals surface area contributed by atoms with E-state index in [1.54, 1.807) is 0 Å². The van der Waals surface area contributed by atoms with Crippen molar-refractivity contribution < 1.29 is 19.4 Å². The number of carboxylic acid groups (broad SMARTS) is 1. The zero-order chi connectivity index (χ0) is 14.1. The van der Waals surface area contributed by atoms with Crippen molar-refractivity contribution in [3.8, 4) is 0 Å². The van der Waals surface area contributed by atoms with Gasteiger partial charge in [-0.25, -0.2) is 0 Å². The average molecular weight is 271 g/mol. The molecule has 5 heteroatoms. The van der Waals surface area contributed by atoms with Gasteiger partial charge in [0.15, 0.2) is 0 Å². The van der Waals surface area contributed by atoms with Gasteiger partial charge < -0.3 is 15.2 Å². The van der Waals surface area contributed by atoms with E-state index < -0.39 is 5.97 Å². The van der Waals surface area contributed by atoms with Gasteiger partial charge in [0.25, 0.3) is 0 Å². The van der Waals surface area contributed by atoms with Crippen molar-refractivity contribution in [3.63, 3.8) is 0 Å². The van der Waals surface area contributed by atoms with E-state index in [9.17, 15) is 9.59 Å². The summed E-state index contributed by atoms with van der Waals surface area (Å²) in [6.45, 7) is 4.09. The van der Waals surface area contributed by atoms with E-state index >= 15 is 0 Å². The number of nitrogens with one attached hydrogen (secondary N) is 1. The van der Waals surface area contributed by atoms with Crippen molar-refractivity contribution in [2.75, 3.05) is 19.8 Å². The van der Waals surface area contributed by atoms with Crippen LogP contribution in [0.25, 0.3) is 0 Å². The fourth-order valence-electron chi connectivity index (χ4n) is 2.43. The van der Waals surface area contributed by atoms with Crippen molar-refractivity contribution >= 4 is 11.9 Å². The highest BCUT2D eigenvalue weighted by molar-refractivity contribution is 5.80. The predicted molar refractivity (Wildman–Crippen MR) is 71.8 cm³/mol. The Morgan fingerprint density at radius 1 is 1.26 bits per heavy atom. The number of ether oxygens (including phenoxy) is 1. The molecule has 0 aromatic carbocycles. The van der Waals surface area contributed by atoms with Gasteiger partial charge in [0, 0.05) is 25.7 Å². The summed E-state index contributed by atoms with van der Waals surface area (Å²) in [4.78, 5) is 22.8. The molecular formula is C14H25NO4. The molecule has 1 rings (SSSR count). The molecule has 2 N–H and O–H groups in total. The Balaban J connectivity index is 2.16. The minimum Gasteiger partial charge on any atom is -0.481 e. The molecular weight excluding hydrogens is 246 g/mol. The zero-order valence-corrected chi connectivity index (χ0v) is 11.7. The van der Waals surface area contributed by atoms with Gasteiger partial charge in [0.1, 0.15) is 0 Å². The van der Waals surface area contributed by atoms with Gasteiger partial charge in [-0.15, -0.1) is 0 Å². The molecule has 0 aromatic heterocycles. The van der Waals surface area contributed by atoms with Gasteiger partial charge in [-0.1, -0.05) is 13.3 Å². The van der Waals surface area contributed by atoms with Crippen LogP contribution in [-0.2, 0) is 14.3 Å². The molecule has 5 nitrogen and oxygen atoms in total. The maximum atomic E-state index is 11.9. The maximum absolute atomic E-state index is 11.9. The molecule has 2 atom stereocenters. The number of aliphatic carboxylic acids is 1. The van der Waals surface area contributed by atoms with Crippen LogP contribution in [0.1, 0.15) is 45.4 Å². The molecule has 1 amide bonds. The van der Waals surface area contributed by atoms with Gasteiger partial charge >= 0.3 is 5.97 Å². The molecule has 0 radical (unpaired) electrons. The molecule has 110 valence electrons. The largest absolute Gasteiger partial charge is 0.481 e. The van der Waals surface area contributed by atoms with E-state index in [-0.39, 0.29) is 17.7 Å². The Morgan fingerprint density at radius 2 is 2.00 bits per heavy atom. The summed E-state index contributed by atoms with van der Waals surface area (Å²) >= 11 is 0. The van der Waals surface area contributed by atoms with Crippen LogP contribution in [0.2, 0.25) is 0 Å². The first kappa shape index (κ1) is 16.0. The fraction of sp³-hybridized carbons (Fsp3) is 0.857. The number of rotatable bonds is 8. The molecule has 2 unspecified atom stereocenters. The summed E-state index contributed by atoms with van der Waals surface area (Å²) in [5.74, 6) is -1.25.